The van der Waals surface area contributed by atoms with Crippen molar-refractivity contribution in [3.05, 3.63) is 0 Å². The fraction of sp³-hybridized carbons (Fsp3) is 0.875. The largest absolute Gasteiger partial charge is 0.198 e. The second-order valence-electron chi connectivity index (χ2n) is 7.28. The van der Waals surface area contributed by atoms with Gasteiger partial charge in [-0.05, 0) is 74.0 Å². The first-order valence-corrected chi connectivity index (χ1v) is 7.43. The lowest BCUT2D eigenvalue weighted by Crippen LogP contribution is -2.51. The van der Waals surface area contributed by atoms with Crippen LogP contribution in [0, 0.1) is 45.3 Å². The average Bonchev–Trinajstić information content (AvgIpc) is 2.32. The topological polar surface area (TPSA) is 47.6 Å². The van der Waals surface area contributed by atoms with Gasteiger partial charge in [0.2, 0.25) is 0 Å². The van der Waals surface area contributed by atoms with Gasteiger partial charge in [-0.15, -0.1) is 0 Å². The molecule has 0 N–H and O–H groups in total. The molecule has 96 valence electrons. The molecular formula is C16H22N2. The van der Waals surface area contributed by atoms with Crippen molar-refractivity contribution in [2.24, 2.45) is 22.7 Å². The SMILES string of the molecule is N#CCCC12CC3CC(C1)CC(CCC#N)(C3)C2. The van der Waals surface area contributed by atoms with Crippen molar-refractivity contribution in [2.45, 2.75) is 64.2 Å². The van der Waals surface area contributed by atoms with E-state index in [4.69, 9.17) is 10.5 Å². The Labute approximate surface area is 110 Å². The van der Waals surface area contributed by atoms with Crippen LogP contribution in [0.5, 0.6) is 0 Å². The molecule has 0 spiro atoms. The van der Waals surface area contributed by atoms with E-state index >= 15 is 0 Å². The van der Waals surface area contributed by atoms with Crippen LogP contribution >= 0.6 is 0 Å². The van der Waals surface area contributed by atoms with E-state index in [0.717, 1.165) is 37.5 Å². The van der Waals surface area contributed by atoms with E-state index in [0.29, 0.717) is 10.8 Å². The molecule has 0 unspecified atom stereocenters. The Morgan fingerprint density at radius 1 is 0.833 bits per heavy atom. The molecule has 0 heterocycles. The Hall–Kier alpha value is -1.02. The molecule has 0 atom stereocenters. The summed E-state index contributed by atoms with van der Waals surface area (Å²) in [4.78, 5) is 0. The first kappa shape index (κ1) is 12.0. The van der Waals surface area contributed by atoms with Gasteiger partial charge in [-0.2, -0.15) is 10.5 Å². The van der Waals surface area contributed by atoms with E-state index in [1.807, 2.05) is 0 Å². The van der Waals surface area contributed by atoms with Crippen molar-refractivity contribution in [1.82, 2.24) is 0 Å². The predicted molar refractivity (Wildman–Crippen MR) is 69.2 cm³/mol. The first-order chi connectivity index (χ1) is 8.69. The predicted octanol–water partition coefficient (Wildman–Crippen LogP) is 4.18. The highest BCUT2D eigenvalue weighted by atomic mass is 14.6. The monoisotopic (exact) mass is 242 g/mol. The lowest BCUT2D eigenvalue weighted by molar-refractivity contribution is -0.116. The molecule has 4 fully saturated rings. The molecule has 0 aromatic heterocycles. The van der Waals surface area contributed by atoms with Gasteiger partial charge in [0.1, 0.15) is 0 Å². The van der Waals surface area contributed by atoms with Gasteiger partial charge in [0.05, 0.1) is 12.1 Å². The fourth-order valence-corrected chi connectivity index (χ4v) is 5.88. The molecule has 4 bridgehead atoms. The van der Waals surface area contributed by atoms with Crippen molar-refractivity contribution in [2.75, 3.05) is 0 Å². The van der Waals surface area contributed by atoms with Gasteiger partial charge in [-0.1, -0.05) is 0 Å². The highest BCUT2D eigenvalue weighted by Gasteiger charge is 2.56. The normalized spacial score (nSPS) is 44.6. The van der Waals surface area contributed by atoms with Crippen molar-refractivity contribution >= 4 is 0 Å². The summed E-state index contributed by atoms with van der Waals surface area (Å²) in [6.45, 7) is 0. The van der Waals surface area contributed by atoms with Gasteiger partial charge in [-0.3, -0.25) is 0 Å². The van der Waals surface area contributed by atoms with Gasteiger partial charge >= 0.3 is 0 Å². The zero-order valence-corrected chi connectivity index (χ0v) is 11.1. The molecule has 0 aromatic rings. The second-order valence-corrected chi connectivity index (χ2v) is 7.28. The minimum atomic E-state index is 0.481. The minimum Gasteiger partial charge on any atom is -0.198 e. The molecular weight excluding hydrogens is 220 g/mol. The zero-order valence-electron chi connectivity index (χ0n) is 11.1. The van der Waals surface area contributed by atoms with Crippen LogP contribution in [0.2, 0.25) is 0 Å². The average molecular weight is 242 g/mol. The van der Waals surface area contributed by atoms with Crippen LogP contribution in [-0.2, 0) is 0 Å². The maximum absolute atomic E-state index is 8.88. The minimum absolute atomic E-state index is 0.481. The maximum Gasteiger partial charge on any atom is 0.0621 e. The summed E-state index contributed by atoms with van der Waals surface area (Å²) in [5.41, 5.74) is 0.963. The smallest absolute Gasteiger partial charge is 0.0621 e. The molecule has 4 aliphatic carbocycles. The standard InChI is InChI=1S/C16H22N2/c17-5-1-3-15-8-13-7-14(9-15)11-16(10-13,12-15)4-2-6-18/h13-14H,1-4,7-12H2. The van der Waals surface area contributed by atoms with Gasteiger partial charge in [-0.25, -0.2) is 0 Å². The van der Waals surface area contributed by atoms with E-state index in [9.17, 15) is 0 Å². The van der Waals surface area contributed by atoms with Gasteiger partial charge in [0.25, 0.3) is 0 Å². The zero-order chi connectivity index (χ0) is 12.6. The van der Waals surface area contributed by atoms with Crippen LogP contribution in [0.1, 0.15) is 64.2 Å². The third kappa shape index (κ3) is 1.93. The van der Waals surface area contributed by atoms with Crippen LogP contribution in [-0.4, -0.2) is 0 Å². The Morgan fingerprint density at radius 3 is 1.67 bits per heavy atom. The lowest BCUT2D eigenvalue weighted by Gasteiger charge is -2.62. The Balaban J connectivity index is 1.80. The van der Waals surface area contributed by atoms with Crippen molar-refractivity contribution in [3.8, 4) is 12.1 Å². The van der Waals surface area contributed by atoms with Crippen molar-refractivity contribution < 1.29 is 0 Å². The highest BCUT2D eigenvalue weighted by Crippen LogP contribution is 2.67. The van der Waals surface area contributed by atoms with Crippen LogP contribution in [0.4, 0.5) is 0 Å². The van der Waals surface area contributed by atoms with E-state index in [-0.39, 0.29) is 0 Å². The summed E-state index contributed by atoms with van der Waals surface area (Å²) in [6, 6.07) is 4.69. The molecule has 0 radical (unpaired) electrons. The number of rotatable bonds is 4. The van der Waals surface area contributed by atoms with Crippen molar-refractivity contribution in [3.63, 3.8) is 0 Å². The molecule has 0 saturated heterocycles. The third-order valence-electron chi connectivity index (χ3n) is 5.84. The number of hydrogen-bond donors (Lipinski definition) is 0. The van der Waals surface area contributed by atoms with Gasteiger partial charge in [0.15, 0.2) is 0 Å². The van der Waals surface area contributed by atoms with Crippen LogP contribution < -0.4 is 0 Å². The number of hydrogen-bond acceptors (Lipinski definition) is 2. The van der Waals surface area contributed by atoms with E-state index < -0.39 is 0 Å². The van der Waals surface area contributed by atoms with E-state index in [1.54, 1.807) is 0 Å². The molecule has 4 saturated carbocycles. The summed E-state index contributed by atoms with van der Waals surface area (Å²) in [5.74, 6) is 1.81. The second kappa shape index (κ2) is 4.27. The lowest BCUT2D eigenvalue weighted by atomic mass is 9.42. The maximum atomic E-state index is 8.88. The van der Waals surface area contributed by atoms with Crippen molar-refractivity contribution in [1.29, 1.82) is 10.5 Å². The number of nitrogens with zero attached hydrogens (tertiary/aromatic N) is 2. The van der Waals surface area contributed by atoms with Crippen LogP contribution in [0.3, 0.4) is 0 Å². The molecule has 0 aromatic carbocycles. The fourth-order valence-electron chi connectivity index (χ4n) is 5.88. The van der Waals surface area contributed by atoms with Gasteiger partial charge < -0.3 is 0 Å². The molecule has 4 rings (SSSR count). The Bertz CT molecular complexity index is 362. The molecule has 2 nitrogen and oxygen atoms in total. The van der Waals surface area contributed by atoms with Gasteiger partial charge in [0, 0.05) is 12.8 Å². The van der Waals surface area contributed by atoms with E-state index in [1.165, 1.54) is 38.5 Å². The summed E-state index contributed by atoms with van der Waals surface area (Å²) in [6.07, 6.45) is 11.9. The first-order valence-electron chi connectivity index (χ1n) is 7.43. The summed E-state index contributed by atoms with van der Waals surface area (Å²) < 4.78 is 0. The molecule has 0 aliphatic heterocycles. The number of nitriles is 2. The quantitative estimate of drug-likeness (QED) is 0.742. The molecule has 0 amide bonds. The molecule has 4 aliphatic rings. The summed E-state index contributed by atoms with van der Waals surface area (Å²) >= 11 is 0. The Morgan fingerprint density at radius 2 is 1.28 bits per heavy atom. The Kier molecular flexibility index (Phi) is 2.86. The molecule has 18 heavy (non-hydrogen) atoms. The van der Waals surface area contributed by atoms with Crippen LogP contribution in [0.25, 0.3) is 0 Å². The highest BCUT2D eigenvalue weighted by molar-refractivity contribution is 5.08. The summed E-state index contributed by atoms with van der Waals surface area (Å²) in [7, 11) is 0. The van der Waals surface area contributed by atoms with E-state index in [2.05, 4.69) is 12.1 Å². The molecule has 2 heteroatoms. The van der Waals surface area contributed by atoms with Crippen LogP contribution in [0.15, 0.2) is 0 Å². The summed E-state index contributed by atoms with van der Waals surface area (Å²) in [5, 5.41) is 17.8. The third-order valence-corrected chi connectivity index (χ3v) is 5.84.